The topological polar surface area (TPSA) is 21.3 Å². The van der Waals surface area contributed by atoms with Crippen molar-refractivity contribution in [2.24, 2.45) is 0 Å². The molecule has 0 aliphatic rings. The molecular formula is C21H29NO. The molecule has 0 fully saturated rings. The second-order valence-corrected chi connectivity index (χ2v) is 6.25. The monoisotopic (exact) mass is 311 g/mol. The van der Waals surface area contributed by atoms with E-state index < -0.39 is 0 Å². The second-order valence-electron chi connectivity index (χ2n) is 6.25. The van der Waals surface area contributed by atoms with E-state index in [-0.39, 0.29) is 0 Å². The maximum absolute atomic E-state index is 5.47. The third-order valence-corrected chi connectivity index (χ3v) is 4.30. The van der Waals surface area contributed by atoms with Crippen LogP contribution in [0.5, 0.6) is 5.75 Å². The molecule has 2 heteroatoms. The molecule has 0 radical (unpaired) electrons. The highest BCUT2D eigenvalue weighted by atomic mass is 16.5. The fraction of sp³-hybridized carbons (Fsp3) is 0.429. The molecule has 0 bridgehead atoms. The lowest BCUT2D eigenvalue weighted by Gasteiger charge is -2.22. The number of nitrogens with one attached hydrogen (secondary N) is 1. The van der Waals surface area contributed by atoms with Gasteiger partial charge in [0.25, 0.3) is 0 Å². The Labute approximate surface area is 140 Å². The molecule has 0 heterocycles. The number of methoxy groups -OCH3 is 1. The van der Waals surface area contributed by atoms with Gasteiger partial charge in [-0.1, -0.05) is 56.5 Å². The van der Waals surface area contributed by atoms with Gasteiger partial charge in [0.1, 0.15) is 5.75 Å². The summed E-state index contributed by atoms with van der Waals surface area (Å²) in [5.41, 5.74) is 4.88. The number of hydrogen-bond donors (Lipinski definition) is 1. The lowest BCUT2D eigenvalue weighted by Crippen LogP contribution is -2.11. The molecule has 23 heavy (non-hydrogen) atoms. The predicted molar refractivity (Wildman–Crippen MR) is 99.4 cm³/mol. The standard InChI is InChI=1S/C21H29NO/c1-5-6-8-13-20(18-11-9-7-10-12-18)22-19-14-16(2)21(23-4)17(3)15-19/h7,9-12,14-15,20,22H,5-6,8,13H2,1-4H3. The summed E-state index contributed by atoms with van der Waals surface area (Å²) < 4.78 is 5.47. The molecule has 0 amide bonds. The molecule has 0 spiro atoms. The van der Waals surface area contributed by atoms with Gasteiger partial charge in [-0.3, -0.25) is 0 Å². The molecule has 0 saturated heterocycles. The Morgan fingerprint density at radius 1 is 1.00 bits per heavy atom. The first-order valence-electron chi connectivity index (χ1n) is 8.62. The molecular weight excluding hydrogens is 282 g/mol. The van der Waals surface area contributed by atoms with Gasteiger partial charge < -0.3 is 10.1 Å². The second kappa shape index (κ2) is 8.61. The first-order chi connectivity index (χ1) is 11.2. The van der Waals surface area contributed by atoms with E-state index in [1.54, 1.807) is 7.11 Å². The van der Waals surface area contributed by atoms with Crippen LogP contribution in [0.15, 0.2) is 42.5 Å². The smallest absolute Gasteiger partial charge is 0.124 e. The maximum Gasteiger partial charge on any atom is 0.124 e. The van der Waals surface area contributed by atoms with Crippen molar-refractivity contribution in [3.05, 3.63) is 59.2 Å². The first kappa shape index (κ1) is 17.4. The van der Waals surface area contributed by atoms with E-state index in [0.29, 0.717) is 6.04 Å². The largest absolute Gasteiger partial charge is 0.496 e. The van der Waals surface area contributed by atoms with Crippen molar-refractivity contribution in [3.8, 4) is 5.75 Å². The molecule has 2 nitrogen and oxygen atoms in total. The summed E-state index contributed by atoms with van der Waals surface area (Å²) in [6, 6.07) is 15.5. The van der Waals surface area contributed by atoms with Crippen LogP contribution in [-0.4, -0.2) is 7.11 Å². The lowest BCUT2D eigenvalue weighted by molar-refractivity contribution is 0.408. The fourth-order valence-electron chi connectivity index (χ4n) is 3.16. The normalized spacial score (nSPS) is 12.0. The van der Waals surface area contributed by atoms with Gasteiger partial charge in [-0.2, -0.15) is 0 Å². The van der Waals surface area contributed by atoms with E-state index in [9.17, 15) is 0 Å². The summed E-state index contributed by atoms with van der Waals surface area (Å²) in [6.45, 7) is 6.46. The predicted octanol–water partition coefficient (Wildman–Crippen LogP) is 6.05. The number of ether oxygens (including phenoxy) is 1. The van der Waals surface area contributed by atoms with Crippen molar-refractivity contribution in [1.82, 2.24) is 0 Å². The number of anilines is 1. The van der Waals surface area contributed by atoms with Gasteiger partial charge in [-0.05, 0) is 49.1 Å². The number of hydrogen-bond acceptors (Lipinski definition) is 2. The summed E-state index contributed by atoms with van der Waals surface area (Å²) in [4.78, 5) is 0. The third kappa shape index (κ3) is 4.75. The Kier molecular flexibility index (Phi) is 6.52. The van der Waals surface area contributed by atoms with Crippen molar-refractivity contribution in [3.63, 3.8) is 0 Å². The number of benzene rings is 2. The van der Waals surface area contributed by atoms with Gasteiger partial charge in [-0.25, -0.2) is 0 Å². The van der Waals surface area contributed by atoms with Crippen LogP contribution in [0.2, 0.25) is 0 Å². The zero-order valence-electron chi connectivity index (χ0n) is 14.9. The SMILES string of the molecule is CCCCCC(Nc1cc(C)c(OC)c(C)c1)c1ccccc1. The molecule has 0 aromatic heterocycles. The number of rotatable bonds is 8. The van der Waals surface area contributed by atoms with Crippen molar-refractivity contribution in [2.75, 3.05) is 12.4 Å². The molecule has 0 aliphatic carbocycles. The average Bonchev–Trinajstić information content (AvgIpc) is 2.55. The van der Waals surface area contributed by atoms with E-state index in [0.717, 1.165) is 12.2 Å². The van der Waals surface area contributed by atoms with Gasteiger partial charge in [-0.15, -0.1) is 0 Å². The Hall–Kier alpha value is -1.96. The van der Waals surface area contributed by atoms with E-state index in [1.165, 1.54) is 41.6 Å². The summed E-state index contributed by atoms with van der Waals surface area (Å²) in [7, 11) is 1.74. The van der Waals surface area contributed by atoms with Gasteiger partial charge >= 0.3 is 0 Å². The highest BCUT2D eigenvalue weighted by Gasteiger charge is 2.12. The zero-order valence-corrected chi connectivity index (χ0v) is 14.9. The minimum absolute atomic E-state index is 0.356. The Morgan fingerprint density at radius 2 is 1.65 bits per heavy atom. The van der Waals surface area contributed by atoms with Crippen LogP contribution in [-0.2, 0) is 0 Å². The van der Waals surface area contributed by atoms with Crippen molar-refractivity contribution < 1.29 is 4.74 Å². The first-order valence-corrected chi connectivity index (χ1v) is 8.62. The Morgan fingerprint density at radius 3 is 2.22 bits per heavy atom. The average molecular weight is 311 g/mol. The highest BCUT2D eigenvalue weighted by Crippen LogP contribution is 2.30. The summed E-state index contributed by atoms with van der Waals surface area (Å²) in [5.74, 6) is 0.984. The molecule has 2 aromatic carbocycles. The number of unbranched alkanes of at least 4 members (excludes halogenated alkanes) is 2. The summed E-state index contributed by atoms with van der Waals surface area (Å²) in [6.07, 6.45) is 4.94. The fourth-order valence-corrected chi connectivity index (χ4v) is 3.16. The van der Waals surface area contributed by atoms with Gasteiger partial charge in [0.05, 0.1) is 13.2 Å². The molecule has 0 saturated carbocycles. The van der Waals surface area contributed by atoms with Crippen molar-refractivity contribution >= 4 is 5.69 Å². The van der Waals surface area contributed by atoms with E-state index in [2.05, 4.69) is 68.6 Å². The molecule has 2 rings (SSSR count). The summed E-state index contributed by atoms with van der Waals surface area (Å²) in [5, 5.41) is 3.73. The van der Waals surface area contributed by atoms with Gasteiger partial charge in [0.2, 0.25) is 0 Å². The van der Waals surface area contributed by atoms with E-state index in [1.807, 2.05) is 0 Å². The highest BCUT2D eigenvalue weighted by molar-refractivity contribution is 5.56. The van der Waals surface area contributed by atoms with Crippen LogP contribution >= 0.6 is 0 Å². The molecule has 1 unspecified atom stereocenters. The minimum Gasteiger partial charge on any atom is -0.496 e. The maximum atomic E-state index is 5.47. The third-order valence-electron chi connectivity index (χ3n) is 4.30. The van der Waals surface area contributed by atoms with Crippen LogP contribution in [0, 0.1) is 13.8 Å². The minimum atomic E-state index is 0.356. The Balaban J connectivity index is 2.20. The van der Waals surface area contributed by atoms with Crippen molar-refractivity contribution in [1.29, 1.82) is 0 Å². The van der Waals surface area contributed by atoms with E-state index in [4.69, 9.17) is 4.74 Å². The lowest BCUT2D eigenvalue weighted by atomic mass is 9.99. The molecule has 1 atom stereocenters. The van der Waals surface area contributed by atoms with Gasteiger partial charge in [0, 0.05) is 5.69 Å². The summed E-state index contributed by atoms with van der Waals surface area (Å²) >= 11 is 0. The molecule has 1 N–H and O–H groups in total. The number of aryl methyl sites for hydroxylation is 2. The van der Waals surface area contributed by atoms with Crippen LogP contribution < -0.4 is 10.1 Å². The molecule has 0 aliphatic heterocycles. The van der Waals surface area contributed by atoms with Crippen molar-refractivity contribution in [2.45, 2.75) is 52.5 Å². The quantitative estimate of drug-likeness (QED) is 0.599. The molecule has 2 aromatic rings. The van der Waals surface area contributed by atoms with Crippen LogP contribution in [0.25, 0.3) is 0 Å². The molecule has 124 valence electrons. The van der Waals surface area contributed by atoms with Crippen LogP contribution in [0.3, 0.4) is 0 Å². The van der Waals surface area contributed by atoms with Crippen LogP contribution in [0.1, 0.15) is 55.3 Å². The van der Waals surface area contributed by atoms with Gasteiger partial charge in [0.15, 0.2) is 0 Å². The van der Waals surface area contributed by atoms with Crippen LogP contribution in [0.4, 0.5) is 5.69 Å². The Bertz CT molecular complexity index is 583. The van der Waals surface area contributed by atoms with E-state index >= 15 is 0 Å². The zero-order chi connectivity index (χ0) is 16.7.